The van der Waals surface area contributed by atoms with E-state index in [2.05, 4.69) is 142 Å². The van der Waals surface area contributed by atoms with E-state index in [1.54, 1.807) is 0 Å². The minimum atomic E-state index is -0.569. The number of carbonyl (C=O) groups is 2. The zero-order valence-corrected chi connectivity index (χ0v) is 42.9. The predicted octanol–water partition coefficient (Wildman–Crippen LogP) is 18.6. The fraction of sp³-hybridized carbons (Fsp3) is 0.639. The number of esters is 2. The number of unbranched alkanes of at least 4 members (excludes halogenated alkanes) is 17. The van der Waals surface area contributed by atoms with E-state index in [4.69, 9.17) is 14.2 Å². The third-order valence-corrected chi connectivity index (χ3v) is 11.0. The van der Waals surface area contributed by atoms with Crippen molar-refractivity contribution in [3.8, 4) is 0 Å². The maximum absolute atomic E-state index is 12.8. The quantitative estimate of drug-likeness (QED) is 0.0346. The summed E-state index contributed by atoms with van der Waals surface area (Å²) in [7, 11) is 0. The molecule has 0 aliphatic rings. The lowest BCUT2D eigenvalue weighted by molar-refractivity contribution is -0.163. The summed E-state index contributed by atoms with van der Waals surface area (Å²) in [6.07, 6.45) is 77.8. The lowest BCUT2D eigenvalue weighted by Crippen LogP contribution is -2.30. The molecule has 0 saturated heterocycles. The molecule has 0 aromatic rings. The molecule has 374 valence electrons. The standard InChI is InChI=1S/C61H100O5/c1-4-7-10-13-16-19-22-25-27-29-31-33-35-37-39-42-45-48-51-54-60(62)65-58-59(57-64-56-53-50-47-44-41-24-21-18-15-12-9-6-3)66-61(63)55-52-49-46-43-40-38-36-34-32-30-28-26-23-20-17-14-11-8-5-2/h7-8,10-11,15-20,25-28,31-34,37,39,59H,4-6,9,12-14,21-24,29-30,35-36,38,40-58H2,1-3H3/b10-7-,11-8-,18-15-,19-16-,20-17-,27-25-,28-26-,33-31-,34-32-,39-37-. The van der Waals surface area contributed by atoms with Gasteiger partial charge >= 0.3 is 11.9 Å². The Hall–Kier alpha value is -3.70. The summed E-state index contributed by atoms with van der Waals surface area (Å²) >= 11 is 0. The smallest absolute Gasteiger partial charge is 0.306 e. The summed E-state index contributed by atoms with van der Waals surface area (Å²) in [6.45, 7) is 7.50. The Kier molecular flexibility index (Phi) is 52.5. The van der Waals surface area contributed by atoms with Crippen molar-refractivity contribution >= 4 is 11.9 Å². The van der Waals surface area contributed by atoms with Crippen molar-refractivity contribution < 1.29 is 23.8 Å². The summed E-state index contributed by atoms with van der Waals surface area (Å²) in [6, 6.07) is 0. The van der Waals surface area contributed by atoms with Crippen LogP contribution in [0.5, 0.6) is 0 Å². The van der Waals surface area contributed by atoms with Gasteiger partial charge in [-0.1, -0.05) is 213 Å². The van der Waals surface area contributed by atoms with Crippen LogP contribution < -0.4 is 0 Å². The van der Waals surface area contributed by atoms with Gasteiger partial charge in [-0.05, 0) is 122 Å². The first-order valence-corrected chi connectivity index (χ1v) is 27.1. The van der Waals surface area contributed by atoms with Gasteiger partial charge in [0.2, 0.25) is 0 Å². The second kappa shape index (κ2) is 55.6. The number of rotatable bonds is 48. The van der Waals surface area contributed by atoms with Crippen LogP contribution in [0.3, 0.4) is 0 Å². The molecule has 0 radical (unpaired) electrons. The molecular formula is C61H100O5. The molecule has 0 spiro atoms. The fourth-order valence-electron chi connectivity index (χ4n) is 6.98. The highest BCUT2D eigenvalue weighted by molar-refractivity contribution is 5.70. The van der Waals surface area contributed by atoms with E-state index in [-0.39, 0.29) is 25.2 Å². The Morgan fingerprint density at radius 2 is 0.682 bits per heavy atom. The molecule has 0 saturated carbocycles. The Bertz CT molecular complexity index is 1350. The highest BCUT2D eigenvalue weighted by atomic mass is 16.6. The van der Waals surface area contributed by atoms with Crippen LogP contribution in [0.4, 0.5) is 0 Å². The number of hydrogen-bond acceptors (Lipinski definition) is 5. The second-order valence-electron chi connectivity index (χ2n) is 17.4. The van der Waals surface area contributed by atoms with E-state index >= 15 is 0 Å². The zero-order valence-electron chi connectivity index (χ0n) is 42.9. The van der Waals surface area contributed by atoms with Crippen LogP contribution in [0, 0.1) is 0 Å². The maximum atomic E-state index is 12.8. The first-order valence-electron chi connectivity index (χ1n) is 27.1. The van der Waals surface area contributed by atoms with Gasteiger partial charge in [0.25, 0.3) is 0 Å². The lowest BCUT2D eigenvalue weighted by atomic mass is 10.1. The molecule has 0 heterocycles. The largest absolute Gasteiger partial charge is 0.462 e. The molecule has 0 N–H and O–H groups in total. The van der Waals surface area contributed by atoms with Crippen molar-refractivity contribution in [2.24, 2.45) is 0 Å². The number of ether oxygens (including phenoxy) is 3. The van der Waals surface area contributed by atoms with Crippen molar-refractivity contribution in [2.45, 2.75) is 232 Å². The molecule has 5 heteroatoms. The van der Waals surface area contributed by atoms with Gasteiger partial charge in [-0.3, -0.25) is 9.59 Å². The van der Waals surface area contributed by atoms with E-state index in [1.807, 2.05) is 0 Å². The summed E-state index contributed by atoms with van der Waals surface area (Å²) < 4.78 is 17.4. The number of carbonyl (C=O) groups excluding carboxylic acids is 2. The molecule has 0 amide bonds. The number of hydrogen-bond donors (Lipinski definition) is 0. The molecule has 0 aliphatic heterocycles. The third kappa shape index (κ3) is 52.9. The lowest BCUT2D eigenvalue weighted by Gasteiger charge is -2.18. The maximum Gasteiger partial charge on any atom is 0.306 e. The van der Waals surface area contributed by atoms with Gasteiger partial charge in [-0.25, -0.2) is 0 Å². The van der Waals surface area contributed by atoms with E-state index in [0.29, 0.717) is 19.4 Å². The van der Waals surface area contributed by atoms with Crippen LogP contribution in [-0.2, 0) is 23.8 Å². The van der Waals surface area contributed by atoms with Gasteiger partial charge in [0.1, 0.15) is 6.61 Å². The van der Waals surface area contributed by atoms with Gasteiger partial charge < -0.3 is 14.2 Å². The Morgan fingerprint density at radius 3 is 1.12 bits per heavy atom. The van der Waals surface area contributed by atoms with Gasteiger partial charge in [-0.2, -0.15) is 0 Å². The Balaban J connectivity index is 4.37. The van der Waals surface area contributed by atoms with Gasteiger partial charge in [-0.15, -0.1) is 0 Å². The molecule has 0 aromatic carbocycles. The van der Waals surface area contributed by atoms with Crippen molar-refractivity contribution in [3.05, 3.63) is 122 Å². The molecule has 66 heavy (non-hydrogen) atoms. The molecular weight excluding hydrogens is 813 g/mol. The molecule has 1 atom stereocenters. The minimum absolute atomic E-state index is 0.0524. The molecule has 0 aromatic heterocycles. The van der Waals surface area contributed by atoms with E-state index in [1.165, 1.54) is 70.6 Å². The van der Waals surface area contributed by atoms with E-state index in [9.17, 15) is 9.59 Å². The molecule has 1 unspecified atom stereocenters. The second-order valence-corrected chi connectivity index (χ2v) is 17.4. The van der Waals surface area contributed by atoms with Crippen molar-refractivity contribution in [3.63, 3.8) is 0 Å². The summed E-state index contributed by atoms with van der Waals surface area (Å²) in [5, 5.41) is 0. The summed E-state index contributed by atoms with van der Waals surface area (Å²) in [5.74, 6) is -0.460. The van der Waals surface area contributed by atoms with E-state index < -0.39 is 6.10 Å². The normalized spacial score (nSPS) is 13.2. The number of allylic oxidation sites excluding steroid dienone is 20. The van der Waals surface area contributed by atoms with Crippen LogP contribution in [0.1, 0.15) is 226 Å². The first-order chi connectivity index (χ1) is 32.6. The van der Waals surface area contributed by atoms with Gasteiger partial charge in [0.15, 0.2) is 6.10 Å². The topological polar surface area (TPSA) is 61.8 Å². The van der Waals surface area contributed by atoms with E-state index in [0.717, 1.165) is 122 Å². The molecule has 0 bridgehead atoms. The van der Waals surface area contributed by atoms with Crippen LogP contribution in [0.2, 0.25) is 0 Å². The monoisotopic (exact) mass is 913 g/mol. The Labute approximate surface area is 407 Å². The molecule has 0 fully saturated rings. The highest BCUT2D eigenvalue weighted by Crippen LogP contribution is 2.13. The molecule has 0 rings (SSSR count). The van der Waals surface area contributed by atoms with Gasteiger partial charge in [0.05, 0.1) is 6.61 Å². The summed E-state index contributed by atoms with van der Waals surface area (Å²) in [5.41, 5.74) is 0. The average Bonchev–Trinajstić information content (AvgIpc) is 3.32. The van der Waals surface area contributed by atoms with Gasteiger partial charge in [0, 0.05) is 19.4 Å². The SMILES string of the molecule is CC/C=C\C/C=C\C/C=C\C/C=C\C/C=C\CCCCCC(=O)OCC(COCCCCCCCC/C=C\CCCC)OC(=O)CCCCCCCC/C=C\C/C=C\C/C=C\C/C=C\CC. The van der Waals surface area contributed by atoms with Crippen molar-refractivity contribution in [1.82, 2.24) is 0 Å². The third-order valence-electron chi connectivity index (χ3n) is 11.0. The molecule has 0 aliphatic carbocycles. The summed E-state index contributed by atoms with van der Waals surface area (Å²) in [4.78, 5) is 25.5. The van der Waals surface area contributed by atoms with Crippen LogP contribution >= 0.6 is 0 Å². The average molecular weight is 913 g/mol. The minimum Gasteiger partial charge on any atom is -0.462 e. The van der Waals surface area contributed by atoms with Crippen LogP contribution in [0.15, 0.2) is 122 Å². The first kappa shape index (κ1) is 62.3. The Morgan fingerprint density at radius 1 is 0.348 bits per heavy atom. The fourth-order valence-corrected chi connectivity index (χ4v) is 6.98. The van der Waals surface area contributed by atoms with Crippen LogP contribution in [-0.4, -0.2) is 37.9 Å². The molecule has 5 nitrogen and oxygen atoms in total. The van der Waals surface area contributed by atoms with Crippen LogP contribution in [0.25, 0.3) is 0 Å². The van der Waals surface area contributed by atoms with Crippen molar-refractivity contribution in [2.75, 3.05) is 19.8 Å². The van der Waals surface area contributed by atoms with Crippen molar-refractivity contribution in [1.29, 1.82) is 0 Å². The predicted molar refractivity (Wildman–Crippen MR) is 288 cm³/mol. The zero-order chi connectivity index (χ0) is 47.7. The highest BCUT2D eigenvalue weighted by Gasteiger charge is 2.17.